The maximum Gasteiger partial charge on any atom is 0.407 e. The summed E-state index contributed by atoms with van der Waals surface area (Å²) in [4.78, 5) is 38.2. The lowest BCUT2D eigenvalue weighted by atomic mass is 9.98. The molecule has 8 heteroatoms. The molecule has 0 radical (unpaired) electrons. The number of carboxylic acids is 1. The average Bonchev–Trinajstić information content (AvgIpc) is 3.45. The van der Waals surface area contributed by atoms with Gasteiger partial charge in [-0.2, -0.15) is 0 Å². The number of aliphatic carboxylic acids is 1. The van der Waals surface area contributed by atoms with Crippen LogP contribution in [0.5, 0.6) is 0 Å². The maximum atomic E-state index is 12.9. The zero-order chi connectivity index (χ0) is 23.7. The Morgan fingerprint density at radius 1 is 1.03 bits per heavy atom. The van der Waals surface area contributed by atoms with Gasteiger partial charge < -0.3 is 24.8 Å². The van der Waals surface area contributed by atoms with Gasteiger partial charge in [0.1, 0.15) is 6.61 Å². The lowest BCUT2D eigenvalue weighted by Gasteiger charge is -2.32. The number of nitrogens with one attached hydrogen (secondary N) is 1. The van der Waals surface area contributed by atoms with Crippen LogP contribution in [-0.4, -0.2) is 66.4 Å². The molecule has 0 spiro atoms. The molecule has 1 saturated carbocycles. The lowest BCUT2D eigenvalue weighted by molar-refractivity contribution is -0.160. The van der Waals surface area contributed by atoms with Crippen LogP contribution in [0.2, 0.25) is 0 Å². The highest BCUT2D eigenvalue weighted by Crippen LogP contribution is 2.44. The summed E-state index contributed by atoms with van der Waals surface area (Å²) >= 11 is 0. The van der Waals surface area contributed by atoms with Crippen molar-refractivity contribution in [2.45, 2.75) is 37.3 Å². The molecule has 2 amide bonds. The Labute approximate surface area is 197 Å². The molecule has 0 bridgehead atoms. The highest BCUT2D eigenvalue weighted by Gasteiger charge is 2.37. The molecule has 8 nitrogen and oxygen atoms in total. The minimum Gasteiger partial charge on any atom is -0.479 e. The minimum atomic E-state index is -1.06. The van der Waals surface area contributed by atoms with Gasteiger partial charge in [-0.3, -0.25) is 4.79 Å². The molecule has 178 valence electrons. The summed E-state index contributed by atoms with van der Waals surface area (Å²) in [6.45, 7) is 0.925. The van der Waals surface area contributed by atoms with E-state index >= 15 is 0 Å². The van der Waals surface area contributed by atoms with Crippen LogP contribution >= 0.6 is 0 Å². The molecular formula is C26H28N2O6. The molecule has 3 aliphatic rings. The largest absolute Gasteiger partial charge is 0.479 e. The molecule has 5 rings (SSSR count). The third kappa shape index (κ3) is 4.37. The van der Waals surface area contributed by atoms with Gasteiger partial charge in [0.2, 0.25) is 5.91 Å². The molecule has 2 aliphatic carbocycles. The third-order valence-corrected chi connectivity index (χ3v) is 7.10. The zero-order valence-electron chi connectivity index (χ0n) is 18.8. The van der Waals surface area contributed by atoms with Crippen molar-refractivity contribution in [3.8, 4) is 11.1 Å². The van der Waals surface area contributed by atoms with E-state index in [1.54, 1.807) is 4.90 Å². The van der Waals surface area contributed by atoms with E-state index in [1.165, 1.54) is 11.1 Å². The van der Waals surface area contributed by atoms with Crippen LogP contribution in [0.15, 0.2) is 48.5 Å². The monoisotopic (exact) mass is 464 g/mol. The van der Waals surface area contributed by atoms with Gasteiger partial charge in [-0.1, -0.05) is 48.5 Å². The fraction of sp³-hybridized carbons (Fsp3) is 0.423. The highest BCUT2D eigenvalue weighted by atomic mass is 16.5. The Hall–Kier alpha value is -3.39. The van der Waals surface area contributed by atoms with Crippen molar-refractivity contribution in [1.29, 1.82) is 0 Å². The molecule has 1 heterocycles. The number of carbonyl (C=O) groups is 3. The number of benzene rings is 2. The molecule has 2 aromatic rings. The van der Waals surface area contributed by atoms with Gasteiger partial charge >= 0.3 is 12.1 Å². The fourth-order valence-corrected chi connectivity index (χ4v) is 5.40. The maximum absolute atomic E-state index is 12.9. The van der Waals surface area contributed by atoms with Crippen molar-refractivity contribution in [3.05, 3.63) is 59.7 Å². The van der Waals surface area contributed by atoms with E-state index in [2.05, 4.69) is 29.6 Å². The molecule has 2 N–H and O–H groups in total. The van der Waals surface area contributed by atoms with Crippen molar-refractivity contribution in [2.75, 3.05) is 26.3 Å². The van der Waals surface area contributed by atoms with Gasteiger partial charge in [-0.15, -0.1) is 0 Å². The Balaban J connectivity index is 1.14. The Kier molecular flexibility index (Phi) is 6.24. The van der Waals surface area contributed by atoms with Gasteiger partial charge in [0, 0.05) is 24.4 Å². The van der Waals surface area contributed by atoms with Crippen LogP contribution in [0.4, 0.5) is 4.79 Å². The van der Waals surface area contributed by atoms with Crippen LogP contribution in [0.25, 0.3) is 11.1 Å². The lowest BCUT2D eigenvalue weighted by Crippen LogP contribution is -2.50. The van der Waals surface area contributed by atoms with Crippen molar-refractivity contribution < 1.29 is 29.0 Å². The number of alkyl carbamates (subject to hydrolysis) is 1. The van der Waals surface area contributed by atoms with Gasteiger partial charge in [0.05, 0.1) is 13.2 Å². The first-order chi connectivity index (χ1) is 16.5. The Morgan fingerprint density at radius 2 is 1.71 bits per heavy atom. The second-order valence-electron chi connectivity index (χ2n) is 9.16. The van der Waals surface area contributed by atoms with Crippen molar-refractivity contribution >= 4 is 18.0 Å². The van der Waals surface area contributed by atoms with Gasteiger partial charge in [0.15, 0.2) is 6.10 Å². The average molecular weight is 465 g/mol. The first-order valence-electron chi connectivity index (χ1n) is 11.8. The summed E-state index contributed by atoms with van der Waals surface area (Å²) in [5.41, 5.74) is 4.68. The molecular weight excluding hydrogens is 436 g/mol. The van der Waals surface area contributed by atoms with Crippen molar-refractivity contribution in [2.24, 2.45) is 5.92 Å². The summed E-state index contributed by atoms with van der Waals surface area (Å²) in [6.07, 6.45) is 0.416. The highest BCUT2D eigenvalue weighted by molar-refractivity contribution is 5.81. The number of ether oxygens (including phenoxy) is 2. The Morgan fingerprint density at radius 3 is 2.38 bits per heavy atom. The zero-order valence-corrected chi connectivity index (χ0v) is 18.8. The number of rotatable bonds is 5. The summed E-state index contributed by atoms with van der Waals surface area (Å²) < 4.78 is 10.8. The topological polar surface area (TPSA) is 105 Å². The number of hydrogen-bond acceptors (Lipinski definition) is 5. The number of nitrogens with zero attached hydrogens (tertiary/aromatic N) is 1. The van der Waals surface area contributed by atoms with Crippen LogP contribution < -0.4 is 5.32 Å². The molecule has 3 atom stereocenters. The van der Waals surface area contributed by atoms with Crippen LogP contribution in [0.3, 0.4) is 0 Å². The first kappa shape index (κ1) is 22.4. The Bertz CT molecular complexity index is 1060. The predicted octanol–water partition coefficient (Wildman–Crippen LogP) is 3.01. The van der Waals surface area contributed by atoms with E-state index in [1.807, 2.05) is 24.3 Å². The summed E-state index contributed by atoms with van der Waals surface area (Å²) in [5, 5.41) is 12.1. The van der Waals surface area contributed by atoms with Gasteiger partial charge in [-0.05, 0) is 41.5 Å². The molecule has 1 unspecified atom stereocenters. The SMILES string of the molecule is O=C(N[C@H]1CC[C@@H](C(=O)N2CCOC(C(=O)O)C2)C1)OCC1c2ccccc2-c2ccccc21. The van der Waals surface area contributed by atoms with Crippen LogP contribution in [-0.2, 0) is 19.1 Å². The number of amides is 2. The van der Waals surface area contributed by atoms with E-state index in [4.69, 9.17) is 14.6 Å². The summed E-state index contributed by atoms with van der Waals surface area (Å²) in [7, 11) is 0. The molecule has 0 aromatic heterocycles. The standard InChI is InChI=1S/C26H28N2O6/c29-24(28-11-12-33-23(14-28)25(30)31)16-9-10-17(13-16)27-26(32)34-15-22-20-7-3-1-5-18(20)19-6-2-4-8-21(19)22/h1-8,16-17,22-23H,9-15H2,(H,27,32)(H,30,31)/t16-,17+,23?/m1/s1. The third-order valence-electron chi connectivity index (χ3n) is 7.10. The normalized spacial score (nSPS) is 23.8. The van der Waals surface area contributed by atoms with Gasteiger partial charge in [-0.25, -0.2) is 9.59 Å². The molecule has 2 aromatic carbocycles. The summed E-state index contributed by atoms with van der Waals surface area (Å²) in [6, 6.07) is 16.2. The number of carboxylic acid groups (broad SMARTS) is 1. The number of hydrogen-bond donors (Lipinski definition) is 2. The van der Waals surface area contributed by atoms with Gasteiger partial charge in [0.25, 0.3) is 0 Å². The molecule has 1 saturated heterocycles. The molecule has 2 fully saturated rings. The van der Waals surface area contributed by atoms with E-state index in [-0.39, 0.29) is 43.5 Å². The number of morpholine rings is 1. The quantitative estimate of drug-likeness (QED) is 0.705. The molecule has 34 heavy (non-hydrogen) atoms. The van der Waals surface area contributed by atoms with Crippen molar-refractivity contribution in [3.63, 3.8) is 0 Å². The first-order valence-corrected chi connectivity index (χ1v) is 11.8. The number of carbonyl (C=O) groups excluding carboxylic acids is 2. The minimum absolute atomic E-state index is 0.000411. The van der Waals surface area contributed by atoms with E-state index < -0.39 is 18.2 Å². The van der Waals surface area contributed by atoms with Crippen LogP contribution in [0.1, 0.15) is 36.3 Å². The van der Waals surface area contributed by atoms with E-state index in [0.717, 1.165) is 11.1 Å². The molecule has 1 aliphatic heterocycles. The second kappa shape index (κ2) is 9.46. The summed E-state index contributed by atoms with van der Waals surface area (Å²) in [5.74, 6) is -1.35. The smallest absolute Gasteiger partial charge is 0.407 e. The van der Waals surface area contributed by atoms with E-state index in [0.29, 0.717) is 25.8 Å². The van der Waals surface area contributed by atoms with Crippen LogP contribution in [0, 0.1) is 5.92 Å². The predicted molar refractivity (Wildman–Crippen MR) is 123 cm³/mol. The van der Waals surface area contributed by atoms with E-state index in [9.17, 15) is 14.4 Å². The second-order valence-corrected chi connectivity index (χ2v) is 9.16. The number of fused-ring (bicyclic) bond motifs is 3. The van der Waals surface area contributed by atoms with Crippen molar-refractivity contribution in [1.82, 2.24) is 10.2 Å². The fourth-order valence-electron chi connectivity index (χ4n) is 5.40.